The zero-order valence-corrected chi connectivity index (χ0v) is 11.3. The average molecular weight is 257 g/mol. The standard InChI is InChI=1S/C12H19NO3S/c1-9-8-12(10(2)7-11(9)13)16-5-4-6-17(3,14)15/h7-8H,4-6,13H2,1-3H3. The minimum absolute atomic E-state index is 0.153. The van der Waals surface area contributed by atoms with Crippen molar-refractivity contribution in [2.75, 3.05) is 24.3 Å². The molecule has 0 aliphatic rings. The summed E-state index contributed by atoms with van der Waals surface area (Å²) in [6.45, 7) is 4.23. The Labute approximate surface area is 103 Å². The van der Waals surface area contributed by atoms with Gasteiger partial charge in [0.2, 0.25) is 0 Å². The molecule has 0 heterocycles. The summed E-state index contributed by atoms with van der Waals surface area (Å²) in [7, 11) is -2.90. The van der Waals surface area contributed by atoms with Gasteiger partial charge in [-0.3, -0.25) is 0 Å². The lowest BCUT2D eigenvalue weighted by molar-refractivity contribution is 0.315. The van der Waals surface area contributed by atoms with Gasteiger partial charge in [0.1, 0.15) is 15.6 Å². The minimum Gasteiger partial charge on any atom is -0.493 e. The van der Waals surface area contributed by atoms with Crippen LogP contribution in [-0.4, -0.2) is 27.0 Å². The summed E-state index contributed by atoms with van der Waals surface area (Å²) in [5.74, 6) is 0.921. The highest BCUT2D eigenvalue weighted by Crippen LogP contribution is 2.24. The number of aryl methyl sites for hydroxylation is 2. The van der Waals surface area contributed by atoms with Crippen LogP contribution in [0.25, 0.3) is 0 Å². The highest BCUT2D eigenvalue weighted by Gasteiger charge is 2.05. The smallest absolute Gasteiger partial charge is 0.147 e. The van der Waals surface area contributed by atoms with Crippen molar-refractivity contribution in [2.24, 2.45) is 0 Å². The molecule has 0 fully saturated rings. The van der Waals surface area contributed by atoms with Crippen LogP contribution in [0.2, 0.25) is 0 Å². The molecule has 0 saturated heterocycles. The van der Waals surface area contributed by atoms with Gasteiger partial charge in [0.25, 0.3) is 0 Å². The van der Waals surface area contributed by atoms with E-state index in [1.54, 1.807) is 0 Å². The molecule has 0 bridgehead atoms. The molecule has 96 valence electrons. The monoisotopic (exact) mass is 257 g/mol. The lowest BCUT2D eigenvalue weighted by atomic mass is 10.1. The van der Waals surface area contributed by atoms with Crippen LogP contribution in [0.3, 0.4) is 0 Å². The minimum atomic E-state index is -2.90. The first-order chi connectivity index (χ1) is 7.79. The molecular formula is C12H19NO3S. The number of sulfone groups is 1. The maximum atomic E-state index is 10.9. The van der Waals surface area contributed by atoms with Crippen molar-refractivity contribution in [3.8, 4) is 5.75 Å². The molecular weight excluding hydrogens is 238 g/mol. The fourth-order valence-electron chi connectivity index (χ4n) is 1.47. The Kier molecular flexibility index (Phi) is 4.40. The molecule has 2 N–H and O–H groups in total. The number of nitrogens with two attached hydrogens (primary N) is 1. The molecule has 0 aliphatic carbocycles. The molecule has 17 heavy (non-hydrogen) atoms. The van der Waals surface area contributed by atoms with E-state index in [-0.39, 0.29) is 5.75 Å². The largest absolute Gasteiger partial charge is 0.493 e. The summed E-state index contributed by atoms with van der Waals surface area (Å²) in [5.41, 5.74) is 8.44. The van der Waals surface area contributed by atoms with Crippen LogP contribution in [0.4, 0.5) is 5.69 Å². The van der Waals surface area contributed by atoms with E-state index in [1.165, 1.54) is 6.26 Å². The van der Waals surface area contributed by atoms with Crippen LogP contribution in [-0.2, 0) is 9.84 Å². The Morgan fingerprint density at radius 3 is 2.47 bits per heavy atom. The quantitative estimate of drug-likeness (QED) is 0.644. The third kappa shape index (κ3) is 4.65. The fourth-order valence-corrected chi connectivity index (χ4v) is 2.11. The zero-order chi connectivity index (χ0) is 13.1. The number of rotatable bonds is 5. The Balaban J connectivity index is 2.55. The van der Waals surface area contributed by atoms with Crippen LogP contribution in [0.15, 0.2) is 12.1 Å². The number of nitrogen functional groups attached to an aromatic ring is 1. The van der Waals surface area contributed by atoms with E-state index >= 15 is 0 Å². The molecule has 0 aliphatic heterocycles. The molecule has 4 nitrogen and oxygen atoms in total. The molecule has 5 heteroatoms. The van der Waals surface area contributed by atoms with Gasteiger partial charge in [-0.15, -0.1) is 0 Å². The molecule has 0 atom stereocenters. The van der Waals surface area contributed by atoms with Gasteiger partial charge in [0, 0.05) is 11.9 Å². The van der Waals surface area contributed by atoms with Gasteiger partial charge in [-0.2, -0.15) is 0 Å². The Hall–Kier alpha value is -1.23. The van der Waals surface area contributed by atoms with Crippen molar-refractivity contribution in [3.05, 3.63) is 23.3 Å². The number of hydrogen-bond acceptors (Lipinski definition) is 4. The van der Waals surface area contributed by atoms with Crippen molar-refractivity contribution >= 4 is 15.5 Å². The summed E-state index contributed by atoms with van der Waals surface area (Å²) in [6, 6.07) is 3.74. The van der Waals surface area contributed by atoms with Crippen molar-refractivity contribution in [3.63, 3.8) is 0 Å². The van der Waals surface area contributed by atoms with E-state index in [2.05, 4.69) is 0 Å². The average Bonchev–Trinajstić information content (AvgIpc) is 2.18. The Morgan fingerprint density at radius 2 is 1.88 bits per heavy atom. The first-order valence-electron chi connectivity index (χ1n) is 5.47. The maximum Gasteiger partial charge on any atom is 0.147 e. The number of anilines is 1. The summed E-state index contributed by atoms with van der Waals surface area (Å²) < 4.78 is 27.4. The van der Waals surface area contributed by atoms with Gasteiger partial charge in [-0.1, -0.05) is 0 Å². The molecule has 0 amide bonds. The lowest BCUT2D eigenvalue weighted by Crippen LogP contribution is -2.08. The van der Waals surface area contributed by atoms with Crippen molar-refractivity contribution in [2.45, 2.75) is 20.3 Å². The third-order valence-corrected chi connectivity index (χ3v) is 3.51. The second-order valence-corrected chi connectivity index (χ2v) is 6.57. The van der Waals surface area contributed by atoms with Gasteiger partial charge in [-0.05, 0) is 43.5 Å². The fraction of sp³-hybridized carbons (Fsp3) is 0.500. The van der Waals surface area contributed by atoms with Crippen molar-refractivity contribution in [1.82, 2.24) is 0 Å². The SMILES string of the molecule is Cc1cc(OCCCS(C)(=O)=O)c(C)cc1N. The predicted octanol–water partition coefficient (Wildman–Crippen LogP) is 1.70. The molecule has 1 aromatic rings. The number of ether oxygens (including phenoxy) is 1. The summed E-state index contributed by atoms with van der Waals surface area (Å²) in [5, 5.41) is 0. The maximum absolute atomic E-state index is 10.9. The van der Waals surface area contributed by atoms with E-state index in [4.69, 9.17) is 10.5 Å². The molecule has 1 aromatic carbocycles. The second-order valence-electron chi connectivity index (χ2n) is 4.31. The third-order valence-electron chi connectivity index (χ3n) is 2.48. The second kappa shape index (κ2) is 5.40. The molecule has 0 aromatic heterocycles. The van der Waals surface area contributed by atoms with Crippen LogP contribution < -0.4 is 10.5 Å². The highest BCUT2D eigenvalue weighted by atomic mass is 32.2. The van der Waals surface area contributed by atoms with E-state index in [1.807, 2.05) is 26.0 Å². The van der Waals surface area contributed by atoms with Crippen LogP contribution in [0.5, 0.6) is 5.75 Å². The molecule has 0 spiro atoms. The Bertz CT molecular complexity index is 495. The van der Waals surface area contributed by atoms with E-state index in [0.29, 0.717) is 13.0 Å². The Morgan fingerprint density at radius 1 is 1.24 bits per heavy atom. The topological polar surface area (TPSA) is 69.4 Å². The van der Waals surface area contributed by atoms with Gasteiger partial charge < -0.3 is 10.5 Å². The van der Waals surface area contributed by atoms with Crippen LogP contribution in [0, 0.1) is 13.8 Å². The first-order valence-corrected chi connectivity index (χ1v) is 7.53. The lowest BCUT2D eigenvalue weighted by Gasteiger charge is -2.11. The number of hydrogen-bond donors (Lipinski definition) is 1. The van der Waals surface area contributed by atoms with E-state index in [0.717, 1.165) is 22.6 Å². The van der Waals surface area contributed by atoms with Crippen molar-refractivity contribution in [1.29, 1.82) is 0 Å². The van der Waals surface area contributed by atoms with Crippen LogP contribution in [0.1, 0.15) is 17.5 Å². The normalized spacial score (nSPS) is 11.5. The van der Waals surface area contributed by atoms with Crippen LogP contribution >= 0.6 is 0 Å². The number of benzene rings is 1. The predicted molar refractivity (Wildman–Crippen MR) is 70.2 cm³/mol. The van der Waals surface area contributed by atoms with E-state index in [9.17, 15) is 8.42 Å². The molecule has 0 radical (unpaired) electrons. The summed E-state index contributed by atoms with van der Waals surface area (Å²) in [6.07, 6.45) is 1.73. The van der Waals surface area contributed by atoms with Gasteiger partial charge in [-0.25, -0.2) is 8.42 Å². The highest BCUT2D eigenvalue weighted by molar-refractivity contribution is 7.90. The first kappa shape index (κ1) is 13.8. The molecule has 1 rings (SSSR count). The van der Waals surface area contributed by atoms with E-state index < -0.39 is 9.84 Å². The molecule has 0 unspecified atom stereocenters. The van der Waals surface area contributed by atoms with Crippen molar-refractivity contribution < 1.29 is 13.2 Å². The van der Waals surface area contributed by atoms with Gasteiger partial charge in [0.15, 0.2) is 0 Å². The van der Waals surface area contributed by atoms with Gasteiger partial charge >= 0.3 is 0 Å². The molecule has 0 saturated carbocycles. The summed E-state index contributed by atoms with van der Waals surface area (Å²) in [4.78, 5) is 0. The van der Waals surface area contributed by atoms with Gasteiger partial charge in [0.05, 0.1) is 12.4 Å². The zero-order valence-electron chi connectivity index (χ0n) is 10.5. The summed E-state index contributed by atoms with van der Waals surface area (Å²) >= 11 is 0.